The number of fused-ring (bicyclic) bond motifs is 1. The van der Waals surface area contributed by atoms with Crippen LogP contribution in [0.3, 0.4) is 0 Å². The summed E-state index contributed by atoms with van der Waals surface area (Å²) in [6.45, 7) is 0. The predicted molar refractivity (Wildman–Crippen MR) is 91.6 cm³/mol. The maximum absolute atomic E-state index is 12.2. The fourth-order valence-corrected chi connectivity index (χ4v) is 2.32. The minimum absolute atomic E-state index is 0.0642. The molecule has 3 N–H and O–H groups in total. The molecule has 1 amide bonds. The number of nitrogens with zero attached hydrogens (tertiary/aromatic N) is 4. The molecular formula is C17H12N6O2. The third kappa shape index (κ3) is 2.88. The molecule has 3 aromatic heterocycles. The number of hydrogen-bond donors (Lipinski definition) is 2. The number of pyridine rings is 1. The fraction of sp³-hybridized carbons (Fsp3) is 0. The van der Waals surface area contributed by atoms with Crippen LogP contribution in [0.2, 0.25) is 0 Å². The van der Waals surface area contributed by atoms with E-state index in [1.54, 1.807) is 24.4 Å². The van der Waals surface area contributed by atoms with Crippen LogP contribution in [-0.2, 0) is 0 Å². The number of nitrogens with one attached hydrogen (secondary N) is 1. The molecule has 4 aromatic rings. The lowest BCUT2D eigenvalue weighted by Crippen LogP contribution is -2.16. The third-order valence-corrected chi connectivity index (χ3v) is 3.47. The molecule has 0 unspecified atom stereocenters. The molecule has 0 aliphatic carbocycles. The van der Waals surface area contributed by atoms with Crippen molar-refractivity contribution in [3.63, 3.8) is 0 Å². The molecule has 3 heterocycles. The third-order valence-electron chi connectivity index (χ3n) is 3.47. The first kappa shape index (κ1) is 14.8. The topological polar surface area (TPSA) is 120 Å². The Bertz CT molecular complexity index is 1060. The Balaban J connectivity index is 1.63. The van der Waals surface area contributed by atoms with Gasteiger partial charge in [-0.3, -0.25) is 9.78 Å². The molecule has 0 bridgehead atoms. The molecule has 0 spiro atoms. The highest BCUT2D eigenvalue weighted by atomic mass is 16.3. The van der Waals surface area contributed by atoms with E-state index in [1.165, 1.54) is 12.4 Å². The van der Waals surface area contributed by atoms with Crippen molar-refractivity contribution in [2.24, 2.45) is 0 Å². The van der Waals surface area contributed by atoms with Crippen LogP contribution < -0.4 is 11.1 Å². The van der Waals surface area contributed by atoms with E-state index in [0.717, 1.165) is 0 Å². The van der Waals surface area contributed by atoms with Gasteiger partial charge in [0.1, 0.15) is 11.2 Å². The average molecular weight is 332 g/mol. The molecule has 122 valence electrons. The number of nitrogen functional groups attached to an aromatic ring is 1. The van der Waals surface area contributed by atoms with Gasteiger partial charge in [-0.05, 0) is 24.3 Å². The zero-order chi connectivity index (χ0) is 17.2. The predicted octanol–water partition coefficient (Wildman–Crippen LogP) is 2.51. The lowest BCUT2D eigenvalue weighted by Gasteiger charge is -2.05. The molecule has 4 rings (SSSR count). The van der Waals surface area contributed by atoms with E-state index in [4.69, 9.17) is 10.2 Å². The highest BCUT2D eigenvalue weighted by molar-refractivity contribution is 6.06. The number of aromatic nitrogens is 4. The standard InChI is InChI=1S/C17H12N6O2/c18-15-14(20-7-8-21-15)16(24)22-10-4-5-11-13(9-10)25-17(23-11)12-3-1-2-6-19-12/h1-9H,(H2,18,21)(H,22,24). The smallest absolute Gasteiger partial charge is 0.278 e. The number of benzene rings is 1. The van der Waals surface area contributed by atoms with Crippen molar-refractivity contribution in [2.45, 2.75) is 0 Å². The molecule has 8 nitrogen and oxygen atoms in total. The Labute approximate surface area is 141 Å². The van der Waals surface area contributed by atoms with Crippen molar-refractivity contribution in [1.82, 2.24) is 19.9 Å². The number of carbonyl (C=O) groups excluding carboxylic acids is 1. The number of nitrogens with two attached hydrogens (primary N) is 1. The van der Waals surface area contributed by atoms with Crippen molar-refractivity contribution >= 4 is 28.5 Å². The van der Waals surface area contributed by atoms with E-state index in [0.29, 0.717) is 28.4 Å². The number of oxazole rings is 1. The van der Waals surface area contributed by atoms with Gasteiger partial charge in [0.25, 0.3) is 5.91 Å². The summed E-state index contributed by atoms with van der Waals surface area (Å²) in [5.41, 5.74) is 8.09. The molecular weight excluding hydrogens is 320 g/mol. The highest BCUT2D eigenvalue weighted by Crippen LogP contribution is 2.25. The Morgan fingerprint density at radius 1 is 1.04 bits per heavy atom. The van der Waals surface area contributed by atoms with Crippen LogP contribution in [0.1, 0.15) is 10.5 Å². The monoisotopic (exact) mass is 332 g/mol. The summed E-state index contributed by atoms with van der Waals surface area (Å²) in [7, 11) is 0. The summed E-state index contributed by atoms with van der Waals surface area (Å²) in [4.78, 5) is 28.6. The van der Waals surface area contributed by atoms with Gasteiger partial charge >= 0.3 is 0 Å². The zero-order valence-corrected chi connectivity index (χ0v) is 12.9. The zero-order valence-electron chi connectivity index (χ0n) is 12.9. The second kappa shape index (κ2) is 6.00. The second-order valence-electron chi connectivity index (χ2n) is 5.16. The number of anilines is 2. The first-order valence-corrected chi connectivity index (χ1v) is 7.40. The lowest BCUT2D eigenvalue weighted by molar-refractivity contribution is 0.102. The number of hydrogen-bond acceptors (Lipinski definition) is 7. The van der Waals surface area contributed by atoms with Crippen molar-refractivity contribution < 1.29 is 9.21 Å². The van der Waals surface area contributed by atoms with Gasteiger partial charge < -0.3 is 15.5 Å². The lowest BCUT2D eigenvalue weighted by atomic mass is 10.2. The van der Waals surface area contributed by atoms with E-state index in [2.05, 4.69) is 25.3 Å². The van der Waals surface area contributed by atoms with E-state index < -0.39 is 5.91 Å². The summed E-state index contributed by atoms with van der Waals surface area (Å²) in [5, 5.41) is 2.72. The quantitative estimate of drug-likeness (QED) is 0.591. The Morgan fingerprint density at radius 3 is 2.72 bits per heavy atom. The SMILES string of the molecule is Nc1nccnc1C(=O)Nc1ccc2nc(-c3ccccn3)oc2c1. The first-order valence-electron chi connectivity index (χ1n) is 7.40. The number of rotatable bonds is 3. The van der Waals surface area contributed by atoms with Gasteiger partial charge in [-0.15, -0.1) is 0 Å². The van der Waals surface area contributed by atoms with Crippen molar-refractivity contribution in [3.05, 3.63) is 60.7 Å². The van der Waals surface area contributed by atoms with E-state index in [-0.39, 0.29) is 11.5 Å². The maximum Gasteiger partial charge on any atom is 0.278 e. The molecule has 8 heteroatoms. The second-order valence-corrected chi connectivity index (χ2v) is 5.16. The molecule has 0 aliphatic rings. The molecule has 0 saturated heterocycles. The van der Waals surface area contributed by atoms with Crippen molar-refractivity contribution in [3.8, 4) is 11.6 Å². The van der Waals surface area contributed by atoms with E-state index in [9.17, 15) is 4.79 Å². The Kier molecular flexibility index (Phi) is 3.55. The average Bonchev–Trinajstić information content (AvgIpc) is 3.06. The van der Waals surface area contributed by atoms with Crippen LogP contribution in [0.15, 0.2) is 59.4 Å². The first-order chi connectivity index (χ1) is 12.2. The van der Waals surface area contributed by atoms with Gasteiger partial charge in [0.2, 0.25) is 5.89 Å². The molecule has 0 aliphatic heterocycles. The van der Waals surface area contributed by atoms with Crippen LogP contribution >= 0.6 is 0 Å². The molecule has 0 atom stereocenters. The number of amides is 1. The normalized spacial score (nSPS) is 10.7. The summed E-state index contributed by atoms with van der Waals surface area (Å²) < 4.78 is 5.73. The van der Waals surface area contributed by atoms with Gasteiger partial charge in [-0.1, -0.05) is 6.07 Å². The highest BCUT2D eigenvalue weighted by Gasteiger charge is 2.14. The molecule has 25 heavy (non-hydrogen) atoms. The summed E-state index contributed by atoms with van der Waals surface area (Å²) in [6, 6.07) is 10.6. The fourth-order valence-electron chi connectivity index (χ4n) is 2.32. The number of carbonyl (C=O) groups is 1. The van der Waals surface area contributed by atoms with Gasteiger partial charge in [-0.25, -0.2) is 15.0 Å². The summed E-state index contributed by atoms with van der Waals surface area (Å²) in [6.07, 6.45) is 4.50. The summed E-state index contributed by atoms with van der Waals surface area (Å²) >= 11 is 0. The Hall–Kier alpha value is -3.81. The Morgan fingerprint density at radius 2 is 1.92 bits per heavy atom. The molecule has 0 radical (unpaired) electrons. The van der Waals surface area contributed by atoms with Crippen LogP contribution in [-0.4, -0.2) is 25.8 Å². The van der Waals surface area contributed by atoms with E-state index in [1.807, 2.05) is 18.2 Å². The molecule has 1 aromatic carbocycles. The van der Waals surface area contributed by atoms with Crippen LogP contribution in [0.5, 0.6) is 0 Å². The maximum atomic E-state index is 12.2. The van der Waals surface area contributed by atoms with E-state index >= 15 is 0 Å². The largest absolute Gasteiger partial charge is 0.435 e. The van der Waals surface area contributed by atoms with Crippen LogP contribution in [0.4, 0.5) is 11.5 Å². The van der Waals surface area contributed by atoms with Gasteiger partial charge in [0.15, 0.2) is 17.1 Å². The minimum atomic E-state index is -0.450. The molecule has 0 saturated carbocycles. The molecule has 0 fully saturated rings. The van der Waals surface area contributed by atoms with Crippen molar-refractivity contribution in [2.75, 3.05) is 11.1 Å². The van der Waals surface area contributed by atoms with Gasteiger partial charge in [0, 0.05) is 30.3 Å². The van der Waals surface area contributed by atoms with Gasteiger partial charge in [0.05, 0.1) is 0 Å². The van der Waals surface area contributed by atoms with Crippen LogP contribution in [0.25, 0.3) is 22.7 Å². The minimum Gasteiger partial charge on any atom is -0.435 e. The van der Waals surface area contributed by atoms with Gasteiger partial charge in [-0.2, -0.15) is 0 Å². The summed E-state index contributed by atoms with van der Waals surface area (Å²) in [5.74, 6) is 0.0323. The van der Waals surface area contributed by atoms with Crippen molar-refractivity contribution in [1.29, 1.82) is 0 Å². The van der Waals surface area contributed by atoms with Crippen LogP contribution in [0, 0.1) is 0 Å².